The zero-order valence-electron chi connectivity index (χ0n) is 20.2. The summed E-state index contributed by atoms with van der Waals surface area (Å²) in [5.41, 5.74) is 1.02. The number of anilines is 1. The maximum Gasteiger partial charge on any atom is 0.163 e. The molecule has 3 aromatic rings. The first-order chi connectivity index (χ1) is 17.4. The molecule has 2 saturated heterocycles. The molecule has 1 N–H and O–H groups in total. The molecule has 192 valence electrons. The summed E-state index contributed by atoms with van der Waals surface area (Å²) in [6.45, 7) is 3.38. The van der Waals surface area contributed by atoms with Crippen molar-refractivity contribution in [3.8, 4) is 0 Å². The number of nitrogens with zero attached hydrogens (tertiary/aromatic N) is 4. The van der Waals surface area contributed by atoms with Crippen LogP contribution in [0.4, 0.5) is 14.5 Å². The zero-order valence-corrected chi connectivity index (χ0v) is 21.0. The summed E-state index contributed by atoms with van der Waals surface area (Å²) >= 11 is 0. The van der Waals surface area contributed by atoms with Gasteiger partial charge in [-0.05, 0) is 42.9 Å². The van der Waals surface area contributed by atoms with Gasteiger partial charge < -0.3 is 14.8 Å². The van der Waals surface area contributed by atoms with E-state index in [0.717, 1.165) is 12.8 Å². The Morgan fingerprint density at radius 2 is 1.72 bits per heavy atom. The van der Waals surface area contributed by atoms with E-state index in [-0.39, 0.29) is 29.8 Å². The van der Waals surface area contributed by atoms with Crippen molar-refractivity contribution in [3.05, 3.63) is 77.9 Å². The van der Waals surface area contributed by atoms with Gasteiger partial charge in [0, 0.05) is 37.8 Å². The van der Waals surface area contributed by atoms with E-state index in [0.29, 0.717) is 31.6 Å². The highest BCUT2D eigenvalue weighted by Crippen LogP contribution is 2.35. The van der Waals surface area contributed by atoms with E-state index in [1.165, 1.54) is 12.1 Å². The monoisotopic (exact) mass is 515 g/mol. The third-order valence-electron chi connectivity index (χ3n) is 7.64. The summed E-state index contributed by atoms with van der Waals surface area (Å²) in [7, 11) is -3.64. The molecule has 0 radical (unpaired) electrons. The summed E-state index contributed by atoms with van der Waals surface area (Å²) in [6, 6.07) is 11.4. The number of rotatable bonds is 6. The summed E-state index contributed by atoms with van der Waals surface area (Å²) < 4.78 is 59.8. The largest absolute Gasteiger partial charge is 0.369 e. The molecule has 2 fully saturated rings. The summed E-state index contributed by atoms with van der Waals surface area (Å²) in [5.74, 6) is -1.10. The molecule has 3 atom stereocenters. The quantitative estimate of drug-likeness (QED) is 0.537. The van der Waals surface area contributed by atoms with Gasteiger partial charge in [0.25, 0.3) is 0 Å². The van der Waals surface area contributed by atoms with Crippen LogP contribution in [0.15, 0.2) is 55.1 Å². The van der Waals surface area contributed by atoms with E-state index in [1.54, 1.807) is 24.8 Å². The van der Waals surface area contributed by atoms with Crippen molar-refractivity contribution in [2.24, 2.45) is 0 Å². The van der Waals surface area contributed by atoms with E-state index < -0.39 is 32.0 Å². The fraction of sp³-hybridized carbons (Fsp3) is 0.462. The first kappa shape index (κ1) is 24.8. The van der Waals surface area contributed by atoms with Gasteiger partial charge in [-0.2, -0.15) is 0 Å². The summed E-state index contributed by atoms with van der Waals surface area (Å²) in [5, 5.41) is 9.47. The molecule has 1 aromatic heterocycles. The van der Waals surface area contributed by atoms with Crippen LogP contribution < -0.4 is 10.2 Å². The molecule has 0 saturated carbocycles. The average Bonchev–Trinajstić information content (AvgIpc) is 3.42. The van der Waals surface area contributed by atoms with Gasteiger partial charge in [-0.3, -0.25) is 0 Å². The van der Waals surface area contributed by atoms with Gasteiger partial charge in [-0.25, -0.2) is 17.2 Å². The lowest BCUT2D eigenvalue weighted by atomic mass is 9.99. The molecule has 0 aliphatic carbocycles. The Labute approximate surface area is 210 Å². The van der Waals surface area contributed by atoms with Gasteiger partial charge in [0.2, 0.25) is 0 Å². The van der Waals surface area contributed by atoms with Crippen LogP contribution in [-0.4, -0.2) is 54.1 Å². The first-order valence-electron chi connectivity index (χ1n) is 12.5. The number of halogens is 2. The van der Waals surface area contributed by atoms with Gasteiger partial charge >= 0.3 is 0 Å². The molecule has 0 spiro atoms. The highest BCUT2D eigenvalue weighted by Gasteiger charge is 2.43. The van der Waals surface area contributed by atoms with Crippen molar-refractivity contribution in [2.75, 3.05) is 24.5 Å². The number of piperidine rings is 1. The highest BCUT2D eigenvalue weighted by molar-refractivity contribution is 7.92. The number of nitrogens with one attached hydrogen (secondary N) is 1. The molecule has 2 aliphatic heterocycles. The highest BCUT2D eigenvalue weighted by atomic mass is 32.2. The van der Waals surface area contributed by atoms with Crippen LogP contribution in [0.3, 0.4) is 0 Å². The number of aromatic nitrogens is 3. The fourth-order valence-corrected chi connectivity index (χ4v) is 8.03. The third kappa shape index (κ3) is 4.76. The number of sulfone groups is 1. The molecule has 2 aromatic carbocycles. The van der Waals surface area contributed by atoms with Gasteiger partial charge in [-0.1, -0.05) is 37.3 Å². The number of hydrogen-bond donors (Lipinski definition) is 1. The van der Waals surface area contributed by atoms with Crippen molar-refractivity contribution in [2.45, 2.75) is 55.2 Å². The predicted molar refractivity (Wildman–Crippen MR) is 135 cm³/mol. The van der Waals surface area contributed by atoms with Gasteiger partial charge in [0.1, 0.15) is 24.3 Å². The lowest BCUT2D eigenvalue weighted by Gasteiger charge is -2.37. The van der Waals surface area contributed by atoms with Crippen molar-refractivity contribution >= 4 is 15.5 Å². The molecule has 36 heavy (non-hydrogen) atoms. The van der Waals surface area contributed by atoms with Crippen molar-refractivity contribution in [3.63, 3.8) is 0 Å². The lowest BCUT2D eigenvalue weighted by molar-refractivity contribution is 0.392. The van der Waals surface area contributed by atoms with Crippen LogP contribution in [0.1, 0.15) is 48.6 Å². The van der Waals surface area contributed by atoms with E-state index in [4.69, 9.17) is 0 Å². The van der Waals surface area contributed by atoms with Gasteiger partial charge in [0.15, 0.2) is 9.84 Å². The molecule has 0 amide bonds. The standard InChI is InChI=1S/C26H31F2N5O2S/c1-2-23-25(36(34,35)26(15-29-23)18-6-4-3-5-7-18)13-19-12-22(28)24(14-21(19)27)32-10-8-20(9-11-32)33-16-30-31-17-33/h3-7,12,14,16-17,20,23,25-26,29H,2,8-11,13,15H2,1H3/t23-,25?,26+/m0/s1. The molecular formula is C26H31F2N5O2S. The fourth-order valence-electron chi connectivity index (χ4n) is 5.58. The van der Waals surface area contributed by atoms with E-state index in [9.17, 15) is 8.42 Å². The van der Waals surface area contributed by atoms with Crippen LogP contribution in [0.5, 0.6) is 0 Å². The topological polar surface area (TPSA) is 80.1 Å². The maximum absolute atomic E-state index is 15.3. The second kappa shape index (κ2) is 10.3. The Bertz CT molecular complexity index is 1280. The number of hydrogen-bond acceptors (Lipinski definition) is 6. The SMILES string of the molecule is CC[C@@H]1NC[C@H](c2ccccc2)S(=O)(=O)C1Cc1cc(F)c(N2CCC(n3cnnc3)CC2)cc1F. The predicted octanol–water partition coefficient (Wildman–Crippen LogP) is 3.85. The Morgan fingerprint density at radius 1 is 1.03 bits per heavy atom. The molecule has 7 nitrogen and oxygen atoms in total. The molecule has 3 heterocycles. The molecule has 2 aliphatic rings. The maximum atomic E-state index is 15.3. The van der Waals surface area contributed by atoms with Crippen LogP contribution in [0.25, 0.3) is 0 Å². The molecule has 1 unspecified atom stereocenters. The summed E-state index contributed by atoms with van der Waals surface area (Å²) in [6.07, 6.45) is 5.40. The second-order valence-corrected chi connectivity index (χ2v) is 12.0. The van der Waals surface area contributed by atoms with Crippen LogP contribution in [-0.2, 0) is 16.3 Å². The van der Waals surface area contributed by atoms with Gasteiger partial charge in [-0.15, -0.1) is 10.2 Å². The van der Waals surface area contributed by atoms with E-state index in [2.05, 4.69) is 15.5 Å². The van der Waals surface area contributed by atoms with E-state index >= 15 is 8.78 Å². The lowest BCUT2D eigenvalue weighted by Crippen LogP contribution is -2.54. The minimum atomic E-state index is -3.64. The Kier molecular flexibility index (Phi) is 7.07. The van der Waals surface area contributed by atoms with Gasteiger partial charge in [0.05, 0.1) is 16.2 Å². The van der Waals surface area contributed by atoms with Crippen molar-refractivity contribution in [1.29, 1.82) is 0 Å². The average molecular weight is 516 g/mol. The summed E-state index contributed by atoms with van der Waals surface area (Å²) in [4.78, 5) is 1.85. The molecule has 5 rings (SSSR count). The Hall–Kier alpha value is -2.85. The minimum Gasteiger partial charge on any atom is -0.369 e. The Balaban J connectivity index is 1.36. The van der Waals surface area contributed by atoms with Crippen molar-refractivity contribution in [1.82, 2.24) is 20.1 Å². The smallest absolute Gasteiger partial charge is 0.163 e. The van der Waals surface area contributed by atoms with Crippen LogP contribution in [0.2, 0.25) is 0 Å². The third-order valence-corrected chi connectivity index (χ3v) is 10.2. The van der Waals surface area contributed by atoms with E-state index in [1.807, 2.05) is 34.6 Å². The van der Waals surface area contributed by atoms with Crippen molar-refractivity contribution < 1.29 is 17.2 Å². The second-order valence-electron chi connectivity index (χ2n) is 9.68. The van der Waals surface area contributed by atoms with Crippen LogP contribution >= 0.6 is 0 Å². The normalized spacial score (nSPS) is 24.6. The zero-order chi connectivity index (χ0) is 25.3. The molecule has 10 heteroatoms. The van der Waals surface area contributed by atoms with Crippen LogP contribution in [0, 0.1) is 11.6 Å². The molecule has 0 bridgehead atoms. The number of benzene rings is 2. The minimum absolute atomic E-state index is 0.0735. The Morgan fingerprint density at radius 3 is 2.39 bits per heavy atom. The molecular weight excluding hydrogens is 484 g/mol. The first-order valence-corrected chi connectivity index (χ1v) is 14.1.